The SMILES string of the molecule is CC(=O)N[C@@H](CC(C)C)C(=O)N[C@@H](CCC(N)=O)C(=O)Nc1ccc2c(c1)Oc1cc(N)ccc1C21OCc2ccccc21. The number of nitrogen functional groups attached to an aromatic ring is 1. The van der Waals surface area contributed by atoms with Crippen LogP contribution in [0.3, 0.4) is 0 Å². The molecule has 44 heavy (non-hydrogen) atoms. The normalized spacial score (nSPS) is 17.5. The number of primary amides is 1. The van der Waals surface area contributed by atoms with Crippen LogP contribution in [0.15, 0.2) is 60.7 Å². The van der Waals surface area contributed by atoms with E-state index in [-0.39, 0.29) is 24.7 Å². The molecule has 11 heteroatoms. The molecular formula is C33H37N5O6. The lowest BCUT2D eigenvalue weighted by atomic mass is 9.77. The van der Waals surface area contributed by atoms with Gasteiger partial charge in [-0.15, -0.1) is 0 Å². The number of fused-ring (bicyclic) bond motifs is 6. The van der Waals surface area contributed by atoms with Crippen molar-refractivity contribution in [1.29, 1.82) is 0 Å². The van der Waals surface area contributed by atoms with Gasteiger partial charge in [0, 0.05) is 48.0 Å². The van der Waals surface area contributed by atoms with Crippen LogP contribution in [0.2, 0.25) is 0 Å². The first-order valence-corrected chi connectivity index (χ1v) is 14.6. The van der Waals surface area contributed by atoms with E-state index in [9.17, 15) is 19.2 Å². The van der Waals surface area contributed by atoms with Gasteiger partial charge in [-0.25, -0.2) is 0 Å². The summed E-state index contributed by atoms with van der Waals surface area (Å²) in [6.45, 7) is 5.57. The minimum atomic E-state index is -1.09. The third-order valence-corrected chi connectivity index (χ3v) is 7.79. The van der Waals surface area contributed by atoms with Gasteiger partial charge in [0.15, 0.2) is 5.60 Å². The maximum atomic E-state index is 13.5. The Morgan fingerprint density at radius 1 is 0.886 bits per heavy atom. The van der Waals surface area contributed by atoms with Gasteiger partial charge in [-0.1, -0.05) is 38.1 Å². The van der Waals surface area contributed by atoms with Crippen LogP contribution in [-0.4, -0.2) is 35.7 Å². The molecule has 1 unspecified atom stereocenters. The number of amides is 4. The van der Waals surface area contributed by atoms with Crippen LogP contribution in [0.4, 0.5) is 11.4 Å². The van der Waals surface area contributed by atoms with Gasteiger partial charge in [0.2, 0.25) is 23.6 Å². The predicted molar refractivity (Wildman–Crippen MR) is 165 cm³/mol. The first-order chi connectivity index (χ1) is 21.0. The average molecular weight is 600 g/mol. The van der Waals surface area contributed by atoms with Crippen molar-refractivity contribution in [3.05, 3.63) is 82.9 Å². The van der Waals surface area contributed by atoms with Crippen molar-refractivity contribution in [2.45, 2.75) is 64.3 Å². The second kappa shape index (κ2) is 12.4. The summed E-state index contributed by atoms with van der Waals surface area (Å²) in [6, 6.07) is 16.8. The molecule has 3 aromatic rings. The van der Waals surface area contributed by atoms with Crippen molar-refractivity contribution in [3.63, 3.8) is 0 Å². The van der Waals surface area contributed by atoms with Gasteiger partial charge >= 0.3 is 0 Å². The number of ether oxygens (including phenoxy) is 2. The zero-order valence-corrected chi connectivity index (χ0v) is 24.9. The largest absolute Gasteiger partial charge is 0.456 e. The van der Waals surface area contributed by atoms with Gasteiger partial charge < -0.3 is 36.9 Å². The predicted octanol–water partition coefficient (Wildman–Crippen LogP) is 3.44. The zero-order chi connectivity index (χ0) is 31.6. The maximum absolute atomic E-state index is 13.5. The highest BCUT2D eigenvalue weighted by Crippen LogP contribution is 2.56. The smallest absolute Gasteiger partial charge is 0.246 e. The second-order valence-electron chi connectivity index (χ2n) is 11.6. The minimum absolute atomic E-state index is 0.0246. The van der Waals surface area contributed by atoms with Gasteiger partial charge in [0.05, 0.1) is 6.61 Å². The molecule has 0 aliphatic carbocycles. The number of hydrogen-bond donors (Lipinski definition) is 5. The lowest BCUT2D eigenvalue weighted by Crippen LogP contribution is -2.52. The molecule has 3 aromatic carbocycles. The Kier molecular flexibility index (Phi) is 8.59. The molecule has 4 amide bonds. The van der Waals surface area contributed by atoms with Crippen LogP contribution < -0.4 is 32.2 Å². The Labute approximate surface area is 255 Å². The van der Waals surface area contributed by atoms with Crippen LogP contribution in [0.25, 0.3) is 0 Å². The van der Waals surface area contributed by atoms with E-state index >= 15 is 0 Å². The quantitative estimate of drug-likeness (QED) is 0.222. The van der Waals surface area contributed by atoms with Crippen molar-refractivity contribution >= 4 is 35.0 Å². The Morgan fingerprint density at radius 2 is 1.59 bits per heavy atom. The number of benzene rings is 3. The molecule has 3 atom stereocenters. The summed E-state index contributed by atoms with van der Waals surface area (Å²) < 4.78 is 12.9. The van der Waals surface area contributed by atoms with E-state index in [4.69, 9.17) is 20.9 Å². The topological polar surface area (TPSA) is 175 Å². The van der Waals surface area contributed by atoms with E-state index in [1.54, 1.807) is 18.2 Å². The summed E-state index contributed by atoms with van der Waals surface area (Å²) in [5.74, 6) is -0.946. The van der Waals surface area contributed by atoms with Crippen molar-refractivity contribution in [2.24, 2.45) is 11.7 Å². The van der Waals surface area contributed by atoms with Crippen molar-refractivity contribution in [1.82, 2.24) is 10.6 Å². The molecule has 7 N–H and O–H groups in total. The number of anilines is 2. The molecule has 5 rings (SSSR count). The number of carbonyl (C=O) groups is 4. The molecule has 2 aliphatic rings. The highest BCUT2D eigenvalue weighted by atomic mass is 16.5. The van der Waals surface area contributed by atoms with Crippen LogP contribution >= 0.6 is 0 Å². The lowest BCUT2D eigenvalue weighted by molar-refractivity contribution is -0.131. The molecule has 230 valence electrons. The first kappa shape index (κ1) is 30.6. The van der Waals surface area contributed by atoms with E-state index < -0.39 is 35.4 Å². The molecule has 0 bridgehead atoms. The molecule has 0 fully saturated rings. The fourth-order valence-electron chi connectivity index (χ4n) is 5.86. The molecule has 11 nitrogen and oxygen atoms in total. The maximum Gasteiger partial charge on any atom is 0.246 e. The molecule has 0 saturated carbocycles. The fourth-order valence-corrected chi connectivity index (χ4v) is 5.86. The van der Waals surface area contributed by atoms with Crippen molar-refractivity contribution < 1.29 is 28.7 Å². The van der Waals surface area contributed by atoms with Crippen LogP contribution in [0.5, 0.6) is 11.5 Å². The number of hydrogen-bond acceptors (Lipinski definition) is 7. The van der Waals surface area contributed by atoms with Gasteiger partial charge in [0.1, 0.15) is 23.6 Å². The number of nitrogens with two attached hydrogens (primary N) is 2. The molecule has 2 aliphatic heterocycles. The Bertz CT molecular complexity index is 1620. The van der Waals surface area contributed by atoms with Crippen molar-refractivity contribution in [2.75, 3.05) is 11.1 Å². The molecule has 1 spiro atoms. The van der Waals surface area contributed by atoms with Gasteiger partial charge in [-0.05, 0) is 54.2 Å². The number of rotatable bonds is 10. The molecule has 0 saturated heterocycles. The second-order valence-corrected chi connectivity index (χ2v) is 11.6. The minimum Gasteiger partial charge on any atom is -0.456 e. The summed E-state index contributed by atoms with van der Waals surface area (Å²) in [5.41, 5.74) is 15.1. The van der Waals surface area contributed by atoms with E-state index in [1.165, 1.54) is 6.92 Å². The van der Waals surface area contributed by atoms with Gasteiger partial charge in [0.25, 0.3) is 0 Å². The van der Waals surface area contributed by atoms with Gasteiger partial charge in [-0.3, -0.25) is 19.2 Å². The molecular weight excluding hydrogens is 562 g/mol. The zero-order valence-electron chi connectivity index (χ0n) is 24.9. The molecule has 2 heterocycles. The van der Waals surface area contributed by atoms with Crippen LogP contribution in [0, 0.1) is 5.92 Å². The van der Waals surface area contributed by atoms with E-state index in [0.717, 1.165) is 22.3 Å². The summed E-state index contributed by atoms with van der Waals surface area (Å²) >= 11 is 0. The summed E-state index contributed by atoms with van der Waals surface area (Å²) in [6.07, 6.45) is 0.220. The Hall–Kier alpha value is -4.90. The highest BCUT2D eigenvalue weighted by molar-refractivity contribution is 5.99. The van der Waals surface area contributed by atoms with E-state index in [0.29, 0.717) is 35.9 Å². The monoisotopic (exact) mass is 599 g/mol. The highest BCUT2D eigenvalue weighted by Gasteiger charge is 2.49. The standard InChI is InChI=1S/C33H37N5O6/c1-18(2)14-27(36-19(3)39)32(42)38-26(12-13-30(35)40)31(41)37-22-9-11-25-29(16-22)44-28-15-21(34)8-10-24(28)33(25)23-7-5-4-6-20(23)17-43-33/h4-11,15-16,18,26-27H,12-14,17,34H2,1-3H3,(H2,35,40)(H,36,39)(H,37,41)(H,38,42)/t26-,27-,33?/m0/s1. The van der Waals surface area contributed by atoms with Crippen LogP contribution in [0.1, 0.15) is 62.3 Å². The number of carbonyl (C=O) groups excluding carboxylic acids is 4. The number of nitrogens with one attached hydrogen (secondary N) is 3. The average Bonchev–Trinajstić information content (AvgIpc) is 3.33. The Morgan fingerprint density at radius 3 is 2.30 bits per heavy atom. The third kappa shape index (κ3) is 6.09. The Balaban J connectivity index is 1.44. The third-order valence-electron chi connectivity index (χ3n) is 7.79. The summed E-state index contributed by atoms with van der Waals surface area (Å²) in [5, 5.41) is 8.17. The fraction of sp³-hybridized carbons (Fsp3) is 0.333. The first-order valence-electron chi connectivity index (χ1n) is 14.6. The lowest BCUT2D eigenvalue weighted by Gasteiger charge is -2.37. The van der Waals surface area contributed by atoms with Crippen molar-refractivity contribution in [3.8, 4) is 11.5 Å². The van der Waals surface area contributed by atoms with E-state index in [2.05, 4.69) is 16.0 Å². The summed E-state index contributed by atoms with van der Waals surface area (Å²) in [4.78, 5) is 50.0. The summed E-state index contributed by atoms with van der Waals surface area (Å²) in [7, 11) is 0. The molecule has 0 aromatic heterocycles. The van der Waals surface area contributed by atoms with Gasteiger partial charge in [-0.2, -0.15) is 0 Å². The van der Waals surface area contributed by atoms with E-state index in [1.807, 2.05) is 56.3 Å². The van der Waals surface area contributed by atoms with Crippen LogP contribution in [-0.2, 0) is 36.1 Å². The molecule has 0 radical (unpaired) electrons.